The maximum Gasteiger partial charge on any atom is 0.323 e. The standard InChI is InChI=1S/C19H12BrCl2NO4S2/c20-12-2-4-15(27-9-10-1-3-13(21)7-14(10)22)11(5-12)6-16-18(26)23(8-17(24)25)19(28)29-16/h1-7H,8-9H2,(H,24,25)/b16-6+. The van der Waals surface area contributed by atoms with Crippen LogP contribution in [0.15, 0.2) is 45.8 Å². The first kappa shape index (κ1) is 22.1. The Hall–Kier alpha value is -1.58. The maximum atomic E-state index is 12.5. The number of thioether (sulfide) groups is 1. The summed E-state index contributed by atoms with van der Waals surface area (Å²) in [4.78, 5) is 24.8. The Morgan fingerprint density at radius 1 is 1.28 bits per heavy atom. The van der Waals surface area contributed by atoms with Crippen molar-refractivity contribution in [3.8, 4) is 5.75 Å². The second-order valence-corrected chi connectivity index (χ2v) is 9.30. The lowest BCUT2D eigenvalue weighted by atomic mass is 10.1. The summed E-state index contributed by atoms with van der Waals surface area (Å²) in [6, 6.07) is 10.5. The van der Waals surface area contributed by atoms with Crippen molar-refractivity contribution in [1.82, 2.24) is 4.90 Å². The Bertz CT molecular complexity index is 1040. The second-order valence-electron chi connectivity index (χ2n) is 5.87. The SMILES string of the molecule is O=C(O)CN1C(=O)/C(=C\c2cc(Br)ccc2OCc2ccc(Cl)cc2Cl)SC1=S. The minimum absolute atomic E-state index is 0.203. The van der Waals surface area contributed by atoms with Gasteiger partial charge < -0.3 is 9.84 Å². The van der Waals surface area contributed by atoms with Gasteiger partial charge in [-0.15, -0.1) is 0 Å². The summed E-state index contributed by atoms with van der Waals surface area (Å²) in [5, 5.41) is 9.98. The van der Waals surface area contributed by atoms with Crippen LogP contribution in [0.3, 0.4) is 0 Å². The molecule has 1 N–H and O–H groups in total. The Kier molecular flexibility index (Phi) is 7.23. The number of carboxylic acid groups (broad SMARTS) is 1. The van der Waals surface area contributed by atoms with Crippen molar-refractivity contribution in [2.75, 3.05) is 6.54 Å². The van der Waals surface area contributed by atoms with Gasteiger partial charge in [-0.3, -0.25) is 14.5 Å². The molecule has 0 aliphatic carbocycles. The average molecular weight is 533 g/mol. The van der Waals surface area contributed by atoms with E-state index in [9.17, 15) is 9.59 Å². The van der Waals surface area contributed by atoms with E-state index in [1.807, 2.05) is 6.07 Å². The molecule has 0 radical (unpaired) electrons. The average Bonchev–Trinajstić information content (AvgIpc) is 2.89. The van der Waals surface area contributed by atoms with Crippen molar-refractivity contribution in [3.05, 3.63) is 66.9 Å². The van der Waals surface area contributed by atoms with Gasteiger partial charge in [0, 0.05) is 25.6 Å². The fourth-order valence-electron chi connectivity index (χ4n) is 2.47. The molecule has 150 valence electrons. The fraction of sp³-hybridized carbons (Fsp3) is 0.105. The second kappa shape index (κ2) is 9.49. The van der Waals surface area contributed by atoms with Crippen molar-refractivity contribution in [2.24, 2.45) is 0 Å². The van der Waals surface area contributed by atoms with E-state index >= 15 is 0 Å². The summed E-state index contributed by atoms with van der Waals surface area (Å²) in [6.07, 6.45) is 1.63. The number of hydrogen-bond acceptors (Lipinski definition) is 5. The number of carbonyl (C=O) groups excluding carboxylic acids is 1. The zero-order valence-electron chi connectivity index (χ0n) is 14.5. The predicted octanol–water partition coefficient (Wildman–Crippen LogP) is 5.62. The highest BCUT2D eigenvalue weighted by Gasteiger charge is 2.33. The van der Waals surface area contributed by atoms with E-state index in [2.05, 4.69) is 15.9 Å². The van der Waals surface area contributed by atoms with Gasteiger partial charge in [-0.25, -0.2) is 0 Å². The summed E-state index contributed by atoms with van der Waals surface area (Å²) < 4.78 is 6.90. The summed E-state index contributed by atoms with van der Waals surface area (Å²) in [5.74, 6) is -1.05. The van der Waals surface area contributed by atoms with Gasteiger partial charge in [-0.1, -0.05) is 69.2 Å². The molecule has 1 saturated heterocycles. The van der Waals surface area contributed by atoms with Gasteiger partial charge in [-0.2, -0.15) is 0 Å². The first-order chi connectivity index (χ1) is 13.7. The Balaban J connectivity index is 1.85. The minimum Gasteiger partial charge on any atom is -0.488 e. The molecular formula is C19H12BrCl2NO4S2. The molecule has 5 nitrogen and oxygen atoms in total. The number of hydrogen-bond donors (Lipinski definition) is 1. The van der Waals surface area contributed by atoms with Crippen LogP contribution >= 0.6 is 63.1 Å². The van der Waals surface area contributed by atoms with Gasteiger partial charge >= 0.3 is 5.97 Å². The maximum absolute atomic E-state index is 12.5. The van der Waals surface area contributed by atoms with Crippen LogP contribution in [0.4, 0.5) is 0 Å². The normalized spacial score (nSPS) is 15.3. The molecule has 1 heterocycles. The van der Waals surface area contributed by atoms with Crippen molar-refractivity contribution >= 4 is 85.4 Å². The van der Waals surface area contributed by atoms with Crippen molar-refractivity contribution in [1.29, 1.82) is 0 Å². The van der Waals surface area contributed by atoms with Crippen molar-refractivity contribution < 1.29 is 19.4 Å². The fourth-order valence-corrected chi connectivity index (χ4v) is 4.56. The molecule has 29 heavy (non-hydrogen) atoms. The third-order valence-electron chi connectivity index (χ3n) is 3.82. The number of aliphatic carboxylic acids is 1. The summed E-state index contributed by atoms with van der Waals surface area (Å²) >= 11 is 21.7. The quantitative estimate of drug-likeness (QED) is 0.384. The lowest BCUT2D eigenvalue weighted by molar-refractivity contribution is -0.140. The van der Waals surface area contributed by atoms with E-state index in [0.717, 1.165) is 26.7 Å². The zero-order chi connectivity index (χ0) is 21.1. The van der Waals surface area contributed by atoms with E-state index in [0.29, 0.717) is 26.3 Å². The molecule has 0 aromatic heterocycles. The molecule has 10 heteroatoms. The van der Waals surface area contributed by atoms with E-state index < -0.39 is 18.4 Å². The molecular weight excluding hydrogens is 521 g/mol. The molecule has 3 rings (SSSR count). The van der Waals surface area contributed by atoms with Crippen LogP contribution in [-0.2, 0) is 16.2 Å². The van der Waals surface area contributed by atoms with Gasteiger partial charge in [0.1, 0.15) is 23.2 Å². The molecule has 1 fully saturated rings. The molecule has 2 aromatic carbocycles. The van der Waals surface area contributed by atoms with E-state index in [1.165, 1.54) is 0 Å². The van der Waals surface area contributed by atoms with Crippen molar-refractivity contribution in [2.45, 2.75) is 6.61 Å². The van der Waals surface area contributed by atoms with E-state index in [4.69, 9.17) is 45.3 Å². The highest BCUT2D eigenvalue weighted by Crippen LogP contribution is 2.35. The number of carbonyl (C=O) groups is 2. The summed E-state index contributed by atoms with van der Waals surface area (Å²) in [7, 11) is 0. The molecule has 0 unspecified atom stereocenters. The van der Waals surface area contributed by atoms with Gasteiger partial charge in [0.15, 0.2) is 0 Å². The smallest absolute Gasteiger partial charge is 0.323 e. The van der Waals surface area contributed by atoms with E-state index in [-0.39, 0.29) is 10.9 Å². The number of benzene rings is 2. The molecule has 1 amide bonds. The van der Waals surface area contributed by atoms with Gasteiger partial charge in [0.2, 0.25) is 0 Å². The monoisotopic (exact) mass is 531 g/mol. The summed E-state index contributed by atoms with van der Waals surface area (Å²) in [5.41, 5.74) is 1.40. The number of carboxylic acids is 1. The van der Waals surface area contributed by atoms with Gasteiger partial charge in [-0.05, 0) is 36.4 Å². The topological polar surface area (TPSA) is 66.8 Å². The molecule has 1 aliphatic heterocycles. The van der Waals surface area contributed by atoms with Crippen LogP contribution in [0.1, 0.15) is 11.1 Å². The molecule has 0 atom stereocenters. The number of rotatable bonds is 6. The largest absolute Gasteiger partial charge is 0.488 e. The lowest BCUT2D eigenvalue weighted by Gasteiger charge is -2.12. The number of nitrogens with zero attached hydrogens (tertiary/aromatic N) is 1. The van der Waals surface area contributed by atoms with Crippen molar-refractivity contribution in [3.63, 3.8) is 0 Å². The van der Waals surface area contributed by atoms with Crippen LogP contribution < -0.4 is 4.74 Å². The van der Waals surface area contributed by atoms with Gasteiger partial charge in [0.05, 0.1) is 4.91 Å². The minimum atomic E-state index is -1.13. The molecule has 2 aromatic rings. The highest BCUT2D eigenvalue weighted by molar-refractivity contribution is 9.10. The zero-order valence-corrected chi connectivity index (χ0v) is 19.3. The molecule has 1 aliphatic rings. The third kappa shape index (κ3) is 5.52. The number of halogens is 3. The summed E-state index contributed by atoms with van der Waals surface area (Å²) in [6.45, 7) is -0.267. The number of thiocarbonyl (C=S) groups is 1. The lowest BCUT2D eigenvalue weighted by Crippen LogP contribution is -2.33. The first-order valence-corrected chi connectivity index (χ1v) is 10.9. The number of ether oxygens (including phenoxy) is 1. The van der Waals surface area contributed by atoms with E-state index in [1.54, 1.807) is 36.4 Å². The Labute approximate surface area is 194 Å². The van der Waals surface area contributed by atoms with Gasteiger partial charge in [0.25, 0.3) is 5.91 Å². The Morgan fingerprint density at radius 2 is 2.03 bits per heavy atom. The Morgan fingerprint density at radius 3 is 2.72 bits per heavy atom. The first-order valence-electron chi connectivity index (χ1n) is 8.08. The molecule has 0 bridgehead atoms. The van der Waals surface area contributed by atoms with Crippen LogP contribution in [-0.4, -0.2) is 32.7 Å². The number of amides is 1. The van der Waals surface area contributed by atoms with Crippen LogP contribution in [0.25, 0.3) is 6.08 Å². The molecule has 0 spiro atoms. The highest BCUT2D eigenvalue weighted by atomic mass is 79.9. The van der Waals surface area contributed by atoms with Crippen LogP contribution in [0.5, 0.6) is 5.75 Å². The molecule has 0 saturated carbocycles. The van der Waals surface area contributed by atoms with Crippen LogP contribution in [0.2, 0.25) is 10.0 Å². The third-order valence-corrected chi connectivity index (χ3v) is 6.28. The predicted molar refractivity (Wildman–Crippen MR) is 122 cm³/mol. The van der Waals surface area contributed by atoms with Crippen LogP contribution in [0, 0.1) is 0 Å².